The summed E-state index contributed by atoms with van der Waals surface area (Å²) in [5.41, 5.74) is 1.99. The SMILES string of the molecule is C#CCCCCC[C@H]1[C@H](c2ccccc2)[C@@]1(c1ccccc1)S(=O)(=O)c1ccccc1. The number of unbranched alkanes of at least 4 members (excludes halogenated alkanes) is 3. The molecule has 0 heterocycles. The Balaban J connectivity index is 1.80. The van der Waals surface area contributed by atoms with Crippen LogP contribution in [0.4, 0.5) is 0 Å². The van der Waals surface area contributed by atoms with Crippen LogP contribution in [0, 0.1) is 18.3 Å². The first-order valence-electron chi connectivity index (χ1n) is 11.0. The first kappa shape index (κ1) is 21.4. The molecule has 0 amide bonds. The summed E-state index contributed by atoms with van der Waals surface area (Å²) in [6, 6.07) is 28.9. The smallest absolute Gasteiger partial charge is 0.189 e. The minimum absolute atomic E-state index is 0.0355. The van der Waals surface area contributed by atoms with Crippen LogP contribution in [0.25, 0.3) is 0 Å². The zero-order valence-electron chi connectivity index (χ0n) is 17.7. The summed E-state index contributed by atoms with van der Waals surface area (Å²) >= 11 is 0. The Morgan fingerprint density at radius 1 is 0.774 bits per heavy atom. The Morgan fingerprint density at radius 2 is 1.35 bits per heavy atom. The van der Waals surface area contributed by atoms with Gasteiger partial charge in [0.25, 0.3) is 0 Å². The Bertz CT molecular complexity index is 1130. The summed E-state index contributed by atoms with van der Waals surface area (Å²) in [4.78, 5) is 0.398. The van der Waals surface area contributed by atoms with Crippen molar-refractivity contribution in [1.29, 1.82) is 0 Å². The van der Waals surface area contributed by atoms with Crippen molar-refractivity contribution in [3.63, 3.8) is 0 Å². The first-order valence-corrected chi connectivity index (χ1v) is 12.5. The zero-order valence-corrected chi connectivity index (χ0v) is 18.5. The summed E-state index contributed by atoms with van der Waals surface area (Å²) in [5.74, 6) is 2.67. The molecule has 0 aromatic heterocycles. The molecule has 1 aliphatic rings. The van der Waals surface area contributed by atoms with Crippen LogP contribution in [-0.4, -0.2) is 8.42 Å². The monoisotopic (exact) mass is 428 g/mol. The van der Waals surface area contributed by atoms with Crippen molar-refractivity contribution in [3.05, 3.63) is 102 Å². The normalized spacial score (nSPS) is 22.5. The summed E-state index contributed by atoms with van der Waals surface area (Å²) in [6.07, 6.45) is 10.0. The van der Waals surface area contributed by atoms with Gasteiger partial charge in [-0.15, -0.1) is 12.3 Å². The molecule has 0 N–H and O–H groups in total. The fourth-order valence-electron chi connectivity index (χ4n) is 5.13. The molecule has 0 bridgehead atoms. The third kappa shape index (κ3) is 3.82. The second-order valence-electron chi connectivity index (χ2n) is 8.27. The van der Waals surface area contributed by atoms with E-state index in [0.717, 1.165) is 43.2 Å². The van der Waals surface area contributed by atoms with E-state index in [2.05, 4.69) is 18.1 Å². The van der Waals surface area contributed by atoms with Gasteiger partial charge in [0.2, 0.25) is 0 Å². The van der Waals surface area contributed by atoms with Crippen molar-refractivity contribution in [1.82, 2.24) is 0 Å². The lowest BCUT2D eigenvalue weighted by molar-refractivity contribution is 0.550. The van der Waals surface area contributed by atoms with Crippen molar-refractivity contribution in [2.75, 3.05) is 0 Å². The van der Waals surface area contributed by atoms with E-state index in [-0.39, 0.29) is 11.8 Å². The Morgan fingerprint density at radius 3 is 1.97 bits per heavy atom. The van der Waals surface area contributed by atoms with E-state index >= 15 is 0 Å². The number of benzene rings is 3. The minimum Gasteiger partial charge on any atom is -0.223 e. The molecule has 4 rings (SSSR count). The summed E-state index contributed by atoms with van der Waals surface area (Å²) in [7, 11) is -3.61. The maximum absolute atomic E-state index is 14.2. The van der Waals surface area contributed by atoms with E-state index in [0.29, 0.717) is 4.90 Å². The summed E-state index contributed by atoms with van der Waals surface area (Å²) in [5, 5.41) is 0. The predicted molar refractivity (Wildman–Crippen MR) is 126 cm³/mol. The van der Waals surface area contributed by atoms with E-state index < -0.39 is 14.6 Å². The topological polar surface area (TPSA) is 34.1 Å². The predicted octanol–water partition coefficient (Wildman–Crippen LogP) is 6.35. The number of sulfone groups is 1. The van der Waals surface area contributed by atoms with Gasteiger partial charge in [0.15, 0.2) is 9.84 Å². The minimum atomic E-state index is -3.61. The molecule has 3 aromatic carbocycles. The fourth-order valence-corrected chi connectivity index (χ4v) is 7.70. The molecule has 0 radical (unpaired) electrons. The van der Waals surface area contributed by atoms with Crippen LogP contribution in [0.1, 0.15) is 49.1 Å². The van der Waals surface area contributed by atoms with Gasteiger partial charge in [0.1, 0.15) is 4.75 Å². The van der Waals surface area contributed by atoms with Gasteiger partial charge in [-0.1, -0.05) is 91.7 Å². The number of hydrogen-bond acceptors (Lipinski definition) is 2. The lowest BCUT2D eigenvalue weighted by atomic mass is 10.0. The maximum Gasteiger partial charge on any atom is 0.189 e. The van der Waals surface area contributed by atoms with Crippen LogP contribution in [0.15, 0.2) is 95.9 Å². The zero-order chi connectivity index (χ0) is 21.7. The van der Waals surface area contributed by atoms with Crippen LogP contribution >= 0.6 is 0 Å². The van der Waals surface area contributed by atoms with E-state index in [1.165, 1.54) is 0 Å². The van der Waals surface area contributed by atoms with Gasteiger partial charge in [-0.3, -0.25) is 0 Å². The van der Waals surface area contributed by atoms with Crippen LogP contribution < -0.4 is 0 Å². The van der Waals surface area contributed by atoms with Crippen LogP contribution in [0.3, 0.4) is 0 Å². The molecule has 0 spiro atoms. The molecule has 1 aliphatic carbocycles. The van der Waals surface area contributed by atoms with Crippen molar-refractivity contribution in [3.8, 4) is 12.3 Å². The standard InChI is InChI=1S/C28H28O2S/c1-2-3-4-5-15-22-26-27(23-16-9-6-10-17-23)28(26,24-18-11-7-12-19-24)31(29,30)25-20-13-8-14-21-25/h1,6-14,16-21,26-27H,3-5,15,22H2/t26-,27-,28-/m0/s1. The van der Waals surface area contributed by atoms with Crippen LogP contribution in [0.2, 0.25) is 0 Å². The largest absolute Gasteiger partial charge is 0.223 e. The molecule has 3 atom stereocenters. The van der Waals surface area contributed by atoms with Gasteiger partial charge in [0.05, 0.1) is 4.90 Å². The molecule has 158 valence electrons. The molecule has 2 nitrogen and oxygen atoms in total. The van der Waals surface area contributed by atoms with Gasteiger partial charge in [-0.2, -0.15) is 0 Å². The Labute approximate surface area is 186 Å². The fraction of sp³-hybridized carbons (Fsp3) is 0.286. The van der Waals surface area contributed by atoms with Gasteiger partial charge in [-0.05, 0) is 42.0 Å². The van der Waals surface area contributed by atoms with Crippen molar-refractivity contribution < 1.29 is 8.42 Å². The van der Waals surface area contributed by atoms with Crippen LogP contribution in [-0.2, 0) is 14.6 Å². The molecule has 0 unspecified atom stereocenters. The third-order valence-corrected chi connectivity index (χ3v) is 9.10. The molecular formula is C28H28O2S. The van der Waals surface area contributed by atoms with E-state index in [1.807, 2.05) is 54.6 Å². The maximum atomic E-state index is 14.2. The van der Waals surface area contributed by atoms with E-state index in [4.69, 9.17) is 6.42 Å². The van der Waals surface area contributed by atoms with Gasteiger partial charge >= 0.3 is 0 Å². The molecule has 0 saturated heterocycles. The van der Waals surface area contributed by atoms with Crippen LogP contribution in [0.5, 0.6) is 0 Å². The molecular weight excluding hydrogens is 400 g/mol. The lowest BCUT2D eigenvalue weighted by Crippen LogP contribution is -2.25. The number of rotatable bonds is 9. The van der Waals surface area contributed by atoms with Gasteiger partial charge in [-0.25, -0.2) is 8.42 Å². The third-order valence-electron chi connectivity index (χ3n) is 6.52. The average molecular weight is 429 g/mol. The molecule has 1 saturated carbocycles. The highest BCUT2D eigenvalue weighted by Gasteiger charge is 2.73. The Hall–Kier alpha value is -2.83. The quantitative estimate of drug-likeness (QED) is 0.294. The van der Waals surface area contributed by atoms with E-state index in [1.54, 1.807) is 24.3 Å². The highest BCUT2D eigenvalue weighted by molar-refractivity contribution is 7.92. The molecule has 3 heteroatoms. The lowest BCUT2D eigenvalue weighted by Gasteiger charge is -2.21. The first-order chi connectivity index (χ1) is 15.1. The second kappa shape index (κ2) is 9.12. The summed E-state index contributed by atoms with van der Waals surface area (Å²) in [6.45, 7) is 0. The highest BCUT2D eigenvalue weighted by atomic mass is 32.2. The van der Waals surface area contributed by atoms with Crippen molar-refractivity contribution in [2.24, 2.45) is 5.92 Å². The molecule has 0 aliphatic heterocycles. The molecule has 1 fully saturated rings. The second-order valence-corrected chi connectivity index (χ2v) is 10.4. The summed E-state index contributed by atoms with van der Waals surface area (Å²) < 4.78 is 27.5. The molecule has 31 heavy (non-hydrogen) atoms. The number of terminal acetylenes is 1. The highest BCUT2D eigenvalue weighted by Crippen LogP contribution is 2.71. The Kier molecular flexibility index (Phi) is 6.30. The van der Waals surface area contributed by atoms with Crippen molar-refractivity contribution in [2.45, 2.75) is 47.7 Å². The molecule has 3 aromatic rings. The van der Waals surface area contributed by atoms with Gasteiger partial charge < -0.3 is 0 Å². The van der Waals surface area contributed by atoms with E-state index in [9.17, 15) is 8.42 Å². The number of hydrogen-bond donors (Lipinski definition) is 0. The van der Waals surface area contributed by atoms with Crippen molar-refractivity contribution >= 4 is 9.84 Å². The average Bonchev–Trinajstić information content (AvgIpc) is 3.51. The van der Waals surface area contributed by atoms with Gasteiger partial charge in [0, 0.05) is 12.3 Å².